The Morgan fingerprint density at radius 2 is 1.69 bits per heavy atom. The fourth-order valence-electron chi connectivity index (χ4n) is 5.47. The van der Waals surface area contributed by atoms with Crippen LogP contribution in [0.2, 0.25) is 0 Å². The molecule has 6 rings (SSSR count). The van der Waals surface area contributed by atoms with Gasteiger partial charge >= 0.3 is 0 Å². The average molecular weight is 423 g/mol. The maximum absolute atomic E-state index is 14.8. The number of fused-ring (bicyclic) bond motifs is 5. The highest BCUT2D eigenvalue weighted by Crippen LogP contribution is 2.53. The Bertz CT molecular complexity index is 1610. The zero-order valence-electron chi connectivity index (χ0n) is 19.0. The van der Waals surface area contributed by atoms with Crippen LogP contribution in [0.3, 0.4) is 0 Å². The fraction of sp³-hybridized carbons (Fsp3) is 0.207. The van der Waals surface area contributed by atoms with Crippen LogP contribution in [0.1, 0.15) is 36.5 Å². The summed E-state index contributed by atoms with van der Waals surface area (Å²) in [6, 6.07) is 15.9. The lowest BCUT2D eigenvalue weighted by Gasteiger charge is -2.27. The molecule has 0 unspecified atom stereocenters. The molecule has 4 aromatic carbocycles. The molecule has 1 aliphatic heterocycles. The van der Waals surface area contributed by atoms with Crippen LogP contribution < -0.4 is 9.30 Å². The molecule has 1 aromatic heterocycles. The number of pyridine rings is 1. The molecular formula is C29H25FNO+. The van der Waals surface area contributed by atoms with Crippen LogP contribution in [-0.2, 0) is 7.05 Å². The van der Waals surface area contributed by atoms with Gasteiger partial charge in [-0.25, -0.2) is 8.96 Å². The van der Waals surface area contributed by atoms with Gasteiger partial charge in [0.05, 0.1) is 10.9 Å². The Kier molecular flexibility index (Phi) is 3.92. The smallest absolute Gasteiger partial charge is 0.228 e. The zero-order chi connectivity index (χ0) is 22.3. The molecule has 0 saturated carbocycles. The highest BCUT2D eigenvalue weighted by molar-refractivity contribution is 6.16. The quantitative estimate of drug-likeness (QED) is 0.196. The first-order valence-electron chi connectivity index (χ1n) is 11.2. The minimum Gasteiger partial charge on any atom is -0.455 e. The molecule has 0 amide bonds. The lowest BCUT2D eigenvalue weighted by molar-refractivity contribution is -0.659. The second-order valence-electron chi connectivity index (χ2n) is 9.32. The highest BCUT2D eigenvalue weighted by atomic mass is 19.1. The number of benzene rings is 4. The van der Waals surface area contributed by atoms with Crippen molar-refractivity contribution < 1.29 is 13.7 Å². The monoisotopic (exact) mass is 422 g/mol. The molecule has 0 spiro atoms. The number of hydrogen-bond donors (Lipinski definition) is 0. The second-order valence-corrected chi connectivity index (χ2v) is 9.32. The van der Waals surface area contributed by atoms with E-state index in [0.717, 1.165) is 38.9 Å². The first kappa shape index (κ1) is 19.2. The van der Waals surface area contributed by atoms with Gasteiger partial charge in [-0.3, -0.25) is 0 Å². The third-order valence-electron chi connectivity index (χ3n) is 6.93. The minimum absolute atomic E-state index is 0.223. The number of nitrogens with zero attached hydrogens (tertiary/aromatic N) is 1. The molecule has 0 aliphatic carbocycles. The van der Waals surface area contributed by atoms with Crippen molar-refractivity contribution in [1.82, 2.24) is 0 Å². The van der Waals surface area contributed by atoms with Gasteiger partial charge in [0.25, 0.3) is 0 Å². The summed E-state index contributed by atoms with van der Waals surface area (Å²) in [5.74, 6) is 1.68. The molecule has 0 radical (unpaired) electrons. The third kappa shape index (κ3) is 2.42. The molecule has 3 heteroatoms. The van der Waals surface area contributed by atoms with Crippen LogP contribution in [0.4, 0.5) is 4.39 Å². The summed E-state index contributed by atoms with van der Waals surface area (Å²) in [5.41, 5.74) is 5.94. The van der Waals surface area contributed by atoms with Gasteiger partial charge in [-0.15, -0.1) is 0 Å². The van der Waals surface area contributed by atoms with E-state index in [1.807, 2.05) is 12.1 Å². The first-order valence-corrected chi connectivity index (χ1v) is 11.2. The van der Waals surface area contributed by atoms with Crippen molar-refractivity contribution in [2.24, 2.45) is 7.05 Å². The molecule has 0 bridgehead atoms. The normalized spacial score (nSPS) is 12.6. The van der Waals surface area contributed by atoms with Crippen LogP contribution >= 0.6 is 0 Å². The van der Waals surface area contributed by atoms with Crippen molar-refractivity contribution in [2.45, 2.75) is 33.6 Å². The van der Waals surface area contributed by atoms with E-state index < -0.39 is 0 Å². The molecule has 158 valence electrons. The molecule has 32 heavy (non-hydrogen) atoms. The standard InChI is InChI=1S/C29H25FNO/c1-15(2)25-19-10-9-16(3)13-21(19)17(4)26-28-27-20(11-12-31(28)5)18-7-6-8-23(30)22(18)14-24(27)32-29(25)26/h6-15H,1-5H3/q+1. The van der Waals surface area contributed by atoms with Gasteiger partial charge in [0.2, 0.25) is 5.69 Å². The Hall–Kier alpha value is -3.46. The maximum atomic E-state index is 14.8. The lowest BCUT2D eigenvalue weighted by atomic mass is 9.84. The number of aromatic nitrogens is 1. The van der Waals surface area contributed by atoms with Crippen molar-refractivity contribution in [3.05, 3.63) is 77.2 Å². The maximum Gasteiger partial charge on any atom is 0.228 e. The topological polar surface area (TPSA) is 13.1 Å². The molecule has 0 fully saturated rings. The summed E-state index contributed by atoms with van der Waals surface area (Å²) in [6.45, 7) is 8.76. The van der Waals surface area contributed by atoms with Crippen molar-refractivity contribution in [2.75, 3.05) is 0 Å². The van der Waals surface area contributed by atoms with Gasteiger partial charge in [-0.2, -0.15) is 0 Å². The summed E-state index contributed by atoms with van der Waals surface area (Å²) in [5, 5.41) is 6.07. The van der Waals surface area contributed by atoms with Gasteiger partial charge in [-0.05, 0) is 53.6 Å². The van der Waals surface area contributed by atoms with Gasteiger partial charge in [0.15, 0.2) is 6.20 Å². The number of aryl methyl sites for hydroxylation is 3. The Morgan fingerprint density at radius 3 is 2.47 bits per heavy atom. The van der Waals surface area contributed by atoms with E-state index in [0.29, 0.717) is 5.39 Å². The molecule has 0 N–H and O–H groups in total. The van der Waals surface area contributed by atoms with E-state index in [9.17, 15) is 4.39 Å². The SMILES string of the molecule is Cc1ccc2c(C(C)C)c3c(c(C)c2c1)-c1c2c(cc4c(F)cccc4c2cc[n+]1C)O3. The van der Waals surface area contributed by atoms with Crippen molar-refractivity contribution in [1.29, 1.82) is 0 Å². The van der Waals surface area contributed by atoms with E-state index in [1.54, 1.807) is 6.07 Å². The van der Waals surface area contributed by atoms with E-state index in [4.69, 9.17) is 4.74 Å². The van der Waals surface area contributed by atoms with Crippen molar-refractivity contribution in [3.8, 4) is 22.8 Å². The zero-order valence-corrected chi connectivity index (χ0v) is 19.0. The van der Waals surface area contributed by atoms with Crippen LogP contribution in [-0.4, -0.2) is 0 Å². The average Bonchev–Trinajstić information content (AvgIpc) is 2.76. The predicted octanol–water partition coefficient (Wildman–Crippen LogP) is 7.62. The van der Waals surface area contributed by atoms with Crippen LogP contribution in [0, 0.1) is 19.7 Å². The number of halogens is 1. The van der Waals surface area contributed by atoms with Crippen molar-refractivity contribution >= 4 is 32.3 Å². The van der Waals surface area contributed by atoms with E-state index in [-0.39, 0.29) is 11.7 Å². The minimum atomic E-state index is -0.223. The molecular weight excluding hydrogens is 397 g/mol. The van der Waals surface area contributed by atoms with E-state index in [2.05, 4.69) is 69.8 Å². The lowest BCUT2D eigenvalue weighted by Crippen LogP contribution is -2.32. The highest BCUT2D eigenvalue weighted by Gasteiger charge is 2.34. The molecule has 5 aromatic rings. The van der Waals surface area contributed by atoms with Crippen LogP contribution in [0.15, 0.2) is 54.7 Å². The number of hydrogen-bond acceptors (Lipinski definition) is 1. The summed E-state index contributed by atoms with van der Waals surface area (Å²) in [4.78, 5) is 0. The van der Waals surface area contributed by atoms with Crippen LogP contribution in [0.5, 0.6) is 11.5 Å². The van der Waals surface area contributed by atoms with Crippen LogP contribution in [0.25, 0.3) is 43.6 Å². The predicted molar refractivity (Wildman–Crippen MR) is 129 cm³/mol. The van der Waals surface area contributed by atoms with Gasteiger partial charge < -0.3 is 4.74 Å². The third-order valence-corrected chi connectivity index (χ3v) is 6.93. The number of rotatable bonds is 1. The van der Waals surface area contributed by atoms with Gasteiger partial charge in [0.1, 0.15) is 24.4 Å². The Balaban J connectivity index is 1.87. The molecule has 1 aliphatic rings. The van der Waals surface area contributed by atoms with Crippen molar-refractivity contribution in [3.63, 3.8) is 0 Å². The summed E-state index contributed by atoms with van der Waals surface area (Å²) >= 11 is 0. The van der Waals surface area contributed by atoms with Gasteiger partial charge in [0, 0.05) is 22.4 Å². The Labute approximate surface area is 186 Å². The fourth-order valence-corrected chi connectivity index (χ4v) is 5.47. The van der Waals surface area contributed by atoms with E-state index in [1.165, 1.54) is 33.5 Å². The summed E-state index contributed by atoms with van der Waals surface area (Å²) < 4.78 is 23.7. The summed E-state index contributed by atoms with van der Waals surface area (Å²) in [6.07, 6.45) is 2.08. The van der Waals surface area contributed by atoms with E-state index >= 15 is 0 Å². The first-order chi connectivity index (χ1) is 15.4. The molecule has 2 heterocycles. The second kappa shape index (κ2) is 6.52. The Morgan fingerprint density at radius 1 is 0.875 bits per heavy atom. The summed E-state index contributed by atoms with van der Waals surface area (Å²) in [7, 11) is 2.08. The number of ether oxygens (including phenoxy) is 1. The molecule has 2 nitrogen and oxygen atoms in total. The van der Waals surface area contributed by atoms with Gasteiger partial charge in [-0.1, -0.05) is 49.7 Å². The molecule has 0 atom stereocenters. The molecule has 0 saturated heterocycles. The largest absolute Gasteiger partial charge is 0.455 e.